The summed E-state index contributed by atoms with van der Waals surface area (Å²) in [7, 11) is 0. The van der Waals surface area contributed by atoms with Gasteiger partial charge >= 0.3 is 6.61 Å². The molecule has 2 aromatic carbocycles. The lowest BCUT2D eigenvalue weighted by atomic mass is 10.0. The second-order valence-electron chi connectivity index (χ2n) is 3.97. The van der Waals surface area contributed by atoms with Gasteiger partial charge < -0.3 is 10.5 Å². The number of carbonyl (C=O) groups excluding carboxylic acids is 1. The highest BCUT2D eigenvalue weighted by Crippen LogP contribution is 2.24. The molecule has 0 aromatic heterocycles. The number of nitrogens with two attached hydrogens (primary N) is 1. The van der Waals surface area contributed by atoms with Gasteiger partial charge in [-0.05, 0) is 30.3 Å². The van der Waals surface area contributed by atoms with Crippen LogP contribution in [0.4, 0.5) is 14.5 Å². The fraction of sp³-hybridized carbons (Fsp3) is 0.0714. The lowest BCUT2D eigenvalue weighted by Gasteiger charge is -2.07. The molecule has 2 rings (SSSR count). The number of halogens is 3. The van der Waals surface area contributed by atoms with Crippen molar-refractivity contribution in [1.29, 1.82) is 0 Å². The Labute approximate surface area is 118 Å². The van der Waals surface area contributed by atoms with E-state index in [-0.39, 0.29) is 21.9 Å². The first-order chi connectivity index (χ1) is 9.47. The molecule has 20 heavy (non-hydrogen) atoms. The van der Waals surface area contributed by atoms with Crippen LogP contribution in [0.3, 0.4) is 0 Å². The topological polar surface area (TPSA) is 52.3 Å². The van der Waals surface area contributed by atoms with Crippen molar-refractivity contribution in [2.75, 3.05) is 5.73 Å². The van der Waals surface area contributed by atoms with Crippen molar-refractivity contribution >= 4 is 23.1 Å². The maximum absolute atomic E-state index is 12.2. The molecular formula is C14H10ClF2NO2. The van der Waals surface area contributed by atoms with Crippen LogP contribution in [0.5, 0.6) is 5.75 Å². The quantitative estimate of drug-likeness (QED) is 0.690. The van der Waals surface area contributed by atoms with Gasteiger partial charge in [0.05, 0.1) is 5.02 Å². The van der Waals surface area contributed by atoms with Gasteiger partial charge in [-0.2, -0.15) is 8.78 Å². The summed E-state index contributed by atoms with van der Waals surface area (Å²) < 4.78 is 28.5. The van der Waals surface area contributed by atoms with Crippen LogP contribution in [-0.4, -0.2) is 12.4 Å². The molecule has 0 saturated carbocycles. The predicted octanol–water partition coefficient (Wildman–Crippen LogP) is 3.75. The molecule has 0 saturated heterocycles. The summed E-state index contributed by atoms with van der Waals surface area (Å²) in [4.78, 5) is 12.2. The lowest BCUT2D eigenvalue weighted by Crippen LogP contribution is -2.05. The first-order valence-electron chi connectivity index (χ1n) is 5.62. The van der Waals surface area contributed by atoms with Gasteiger partial charge in [0.15, 0.2) is 5.78 Å². The van der Waals surface area contributed by atoms with E-state index < -0.39 is 12.4 Å². The van der Waals surface area contributed by atoms with Crippen LogP contribution < -0.4 is 10.5 Å². The number of ketones is 1. The van der Waals surface area contributed by atoms with Gasteiger partial charge in [0.25, 0.3) is 0 Å². The van der Waals surface area contributed by atoms with Gasteiger partial charge in [-0.15, -0.1) is 0 Å². The Morgan fingerprint density at radius 1 is 1.20 bits per heavy atom. The molecule has 2 N–H and O–H groups in total. The van der Waals surface area contributed by atoms with Gasteiger partial charge in [-0.25, -0.2) is 0 Å². The van der Waals surface area contributed by atoms with Crippen LogP contribution in [0.2, 0.25) is 5.02 Å². The highest BCUT2D eigenvalue weighted by atomic mass is 35.5. The van der Waals surface area contributed by atoms with Crippen LogP contribution in [0.25, 0.3) is 0 Å². The fourth-order valence-electron chi connectivity index (χ4n) is 1.68. The monoisotopic (exact) mass is 297 g/mol. The van der Waals surface area contributed by atoms with Crippen molar-refractivity contribution in [2.45, 2.75) is 6.61 Å². The third-order valence-electron chi connectivity index (χ3n) is 2.56. The van der Waals surface area contributed by atoms with Gasteiger partial charge in [0.2, 0.25) is 0 Å². The molecule has 3 nitrogen and oxygen atoms in total. The maximum Gasteiger partial charge on any atom is 0.387 e. The zero-order chi connectivity index (χ0) is 14.7. The van der Waals surface area contributed by atoms with Gasteiger partial charge in [-0.1, -0.05) is 23.7 Å². The van der Waals surface area contributed by atoms with Crippen LogP contribution >= 0.6 is 11.6 Å². The first-order valence-corrected chi connectivity index (χ1v) is 6.00. The summed E-state index contributed by atoms with van der Waals surface area (Å²) in [5, 5.41) is 0.204. The number of anilines is 1. The number of nitrogen functional groups attached to an aromatic ring is 1. The standard InChI is InChI=1S/C14H10ClF2NO2/c15-12-7-9(18)4-5-11(12)13(19)8-2-1-3-10(6-8)20-14(16)17/h1-7,14H,18H2. The molecule has 0 unspecified atom stereocenters. The van der Waals surface area contributed by atoms with Crippen molar-refractivity contribution in [1.82, 2.24) is 0 Å². The van der Waals surface area contributed by atoms with Gasteiger partial charge in [-0.3, -0.25) is 4.79 Å². The molecule has 0 aliphatic carbocycles. The smallest absolute Gasteiger partial charge is 0.387 e. The normalized spacial score (nSPS) is 10.6. The second-order valence-corrected chi connectivity index (χ2v) is 4.38. The molecule has 0 heterocycles. The van der Waals surface area contributed by atoms with Crippen molar-refractivity contribution in [3.63, 3.8) is 0 Å². The van der Waals surface area contributed by atoms with Crippen LogP contribution in [0.15, 0.2) is 42.5 Å². The van der Waals surface area contributed by atoms with E-state index in [1.807, 2.05) is 0 Å². The van der Waals surface area contributed by atoms with Crippen LogP contribution in [-0.2, 0) is 0 Å². The third kappa shape index (κ3) is 3.24. The fourth-order valence-corrected chi connectivity index (χ4v) is 1.96. The molecule has 6 heteroatoms. The molecule has 0 aliphatic rings. The predicted molar refractivity (Wildman–Crippen MR) is 72.4 cm³/mol. The largest absolute Gasteiger partial charge is 0.435 e. The first kappa shape index (κ1) is 14.3. The van der Waals surface area contributed by atoms with E-state index in [9.17, 15) is 13.6 Å². The highest BCUT2D eigenvalue weighted by molar-refractivity contribution is 6.35. The zero-order valence-electron chi connectivity index (χ0n) is 10.1. The molecule has 0 fully saturated rings. The number of alkyl halides is 2. The van der Waals surface area contributed by atoms with Gasteiger partial charge in [0, 0.05) is 16.8 Å². The summed E-state index contributed by atoms with van der Waals surface area (Å²) in [6.45, 7) is -2.94. The number of hydrogen-bond donors (Lipinski definition) is 1. The molecule has 104 valence electrons. The van der Waals surface area contributed by atoms with Crippen molar-refractivity contribution in [2.24, 2.45) is 0 Å². The molecule has 0 radical (unpaired) electrons. The molecule has 0 atom stereocenters. The second kappa shape index (κ2) is 5.88. The number of benzene rings is 2. The minimum Gasteiger partial charge on any atom is -0.435 e. The summed E-state index contributed by atoms with van der Waals surface area (Å²) in [6, 6.07) is 10.0. The highest BCUT2D eigenvalue weighted by Gasteiger charge is 2.14. The third-order valence-corrected chi connectivity index (χ3v) is 2.87. The Bertz CT molecular complexity index is 647. The van der Waals surface area contributed by atoms with E-state index >= 15 is 0 Å². The minimum absolute atomic E-state index is 0.0857. The zero-order valence-corrected chi connectivity index (χ0v) is 10.9. The van der Waals surface area contributed by atoms with Crippen LogP contribution in [0, 0.1) is 0 Å². The summed E-state index contributed by atoms with van der Waals surface area (Å²) in [5.74, 6) is -0.480. The number of hydrogen-bond acceptors (Lipinski definition) is 3. The summed E-state index contributed by atoms with van der Waals surface area (Å²) in [5.41, 5.74) is 6.43. The molecule has 0 aliphatic heterocycles. The maximum atomic E-state index is 12.2. The average molecular weight is 298 g/mol. The molecule has 0 amide bonds. The van der Waals surface area contributed by atoms with E-state index in [1.54, 1.807) is 6.07 Å². The Morgan fingerprint density at radius 2 is 1.95 bits per heavy atom. The van der Waals surface area contributed by atoms with E-state index in [0.717, 1.165) is 0 Å². The van der Waals surface area contributed by atoms with Crippen molar-refractivity contribution in [3.05, 3.63) is 58.6 Å². The van der Waals surface area contributed by atoms with E-state index in [2.05, 4.69) is 4.74 Å². The summed E-state index contributed by atoms with van der Waals surface area (Å²) in [6.07, 6.45) is 0. The summed E-state index contributed by atoms with van der Waals surface area (Å²) >= 11 is 5.95. The molecule has 2 aromatic rings. The molecular weight excluding hydrogens is 288 g/mol. The van der Waals surface area contributed by atoms with E-state index in [0.29, 0.717) is 5.69 Å². The molecule has 0 bridgehead atoms. The Morgan fingerprint density at radius 3 is 2.60 bits per heavy atom. The van der Waals surface area contributed by atoms with Crippen molar-refractivity contribution < 1.29 is 18.3 Å². The van der Waals surface area contributed by atoms with E-state index in [4.69, 9.17) is 17.3 Å². The number of carbonyl (C=O) groups is 1. The number of ether oxygens (including phenoxy) is 1. The minimum atomic E-state index is -2.94. The Hall–Kier alpha value is -2.14. The SMILES string of the molecule is Nc1ccc(C(=O)c2cccc(OC(F)F)c2)c(Cl)c1. The lowest BCUT2D eigenvalue weighted by molar-refractivity contribution is -0.0498. The Balaban J connectivity index is 2.33. The van der Waals surface area contributed by atoms with Crippen LogP contribution in [0.1, 0.15) is 15.9 Å². The van der Waals surface area contributed by atoms with Gasteiger partial charge in [0.1, 0.15) is 5.75 Å². The van der Waals surface area contributed by atoms with Crippen molar-refractivity contribution in [3.8, 4) is 5.75 Å². The molecule has 0 spiro atoms. The van der Waals surface area contributed by atoms with E-state index in [1.165, 1.54) is 36.4 Å². The Kier molecular flexibility index (Phi) is 4.20. The average Bonchev–Trinajstić information content (AvgIpc) is 2.37. The number of rotatable bonds is 4.